The van der Waals surface area contributed by atoms with Crippen LogP contribution < -0.4 is 0 Å². The third-order valence-corrected chi connectivity index (χ3v) is 2.17. The molecule has 0 fully saturated rings. The first-order chi connectivity index (χ1) is 7.31. The summed E-state index contributed by atoms with van der Waals surface area (Å²) >= 11 is 0. The van der Waals surface area contributed by atoms with E-state index in [1.807, 2.05) is 30.3 Å². The van der Waals surface area contributed by atoms with Gasteiger partial charge in [0.25, 0.3) is 0 Å². The predicted molar refractivity (Wildman–Crippen MR) is 64.0 cm³/mol. The van der Waals surface area contributed by atoms with Crippen LogP contribution in [0.15, 0.2) is 61.2 Å². The van der Waals surface area contributed by atoms with Crippen LogP contribution in [0.4, 0.5) is 0 Å². The maximum absolute atomic E-state index is 10.8. The number of hydrogen-bond donors (Lipinski definition) is 0. The van der Waals surface area contributed by atoms with Crippen molar-refractivity contribution in [1.82, 2.24) is 0 Å². The summed E-state index contributed by atoms with van der Waals surface area (Å²) in [5.74, 6) is 0. The fourth-order valence-corrected chi connectivity index (χ4v) is 1.38. The van der Waals surface area contributed by atoms with E-state index in [2.05, 4.69) is 13.2 Å². The molecule has 0 spiro atoms. The van der Waals surface area contributed by atoms with Crippen molar-refractivity contribution in [3.8, 4) is 0 Å². The van der Waals surface area contributed by atoms with E-state index in [0.29, 0.717) is 6.42 Å². The topological polar surface area (TPSA) is 17.1 Å². The van der Waals surface area contributed by atoms with Crippen LogP contribution in [-0.2, 0) is 6.42 Å². The first-order valence-corrected chi connectivity index (χ1v) is 4.79. The molecule has 0 aliphatic heterocycles. The second-order valence-electron chi connectivity index (χ2n) is 3.17. The lowest BCUT2D eigenvalue weighted by Crippen LogP contribution is -1.93. The molecule has 15 heavy (non-hydrogen) atoms. The molecule has 76 valence electrons. The maximum atomic E-state index is 10.8. The number of rotatable bonds is 5. The van der Waals surface area contributed by atoms with Crippen LogP contribution in [0.3, 0.4) is 0 Å². The van der Waals surface area contributed by atoms with Crippen molar-refractivity contribution in [2.45, 2.75) is 6.42 Å². The van der Waals surface area contributed by atoms with Crippen molar-refractivity contribution in [3.05, 3.63) is 72.4 Å². The number of carbonyl (C=O) groups excluding carboxylic acids is 1. The van der Waals surface area contributed by atoms with Gasteiger partial charge >= 0.3 is 0 Å². The molecule has 0 unspecified atom stereocenters. The monoisotopic (exact) mass is 198 g/mol. The molecule has 0 heterocycles. The minimum absolute atomic E-state index is 0.713. The van der Waals surface area contributed by atoms with Crippen LogP contribution >= 0.6 is 0 Å². The molecule has 0 N–H and O–H groups in total. The van der Waals surface area contributed by atoms with Crippen LogP contribution in [0.2, 0.25) is 0 Å². The fourth-order valence-electron chi connectivity index (χ4n) is 1.38. The SMILES string of the molecule is C=CC=C(C=C)Cc1ccccc1C=O. The molecular weight excluding hydrogens is 184 g/mol. The number of allylic oxidation sites excluding steroid dienone is 4. The largest absolute Gasteiger partial charge is 0.298 e. The van der Waals surface area contributed by atoms with Crippen molar-refractivity contribution in [2.75, 3.05) is 0 Å². The molecule has 0 aliphatic rings. The van der Waals surface area contributed by atoms with Crippen molar-refractivity contribution < 1.29 is 4.79 Å². The summed E-state index contributed by atoms with van der Waals surface area (Å²) in [5.41, 5.74) is 2.80. The van der Waals surface area contributed by atoms with E-state index in [1.54, 1.807) is 12.2 Å². The van der Waals surface area contributed by atoms with Crippen molar-refractivity contribution in [1.29, 1.82) is 0 Å². The number of benzene rings is 1. The first kappa shape index (κ1) is 11.2. The molecule has 0 atom stereocenters. The number of carbonyl (C=O) groups is 1. The summed E-state index contributed by atoms with van der Waals surface area (Å²) in [5, 5.41) is 0. The minimum Gasteiger partial charge on any atom is -0.298 e. The van der Waals surface area contributed by atoms with Gasteiger partial charge in [0.05, 0.1) is 0 Å². The zero-order valence-electron chi connectivity index (χ0n) is 8.65. The average Bonchev–Trinajstić information content (AvgIpc) is 2.29. The van der Waals surface area contributed by atoms with Gasteiger partial charge in [0.15, 0.2) is 0 Å². The van der Waals surface area contributed by atoms with E-state index in [9.17, 15) is 4.79 Å². The highest BCUT2D eigenvalue weighted by Gasteiger charge is 2.01. The second kappa shape index (κ2) is 5.76. The van der Waals surface area contributed by atoms with Crippen molar-refractivity contribution in [3.63, 3.8) is 0 Å². The summed E-state index contributed by atoms with van der Waals surface area (Å²) in [6.07, 6.45) is 6.99. The van der Waals surface area contributed by atoms with Crippen LogP contribution in [-0.4, -0.2) is 6.29 Å². The zero-order chi connectivity index (χ0) is 11.1. The molecule has 0 bridgehead atoms. The van der Waals surface area contributed by atoms with Gasteiger partial charge in [0.2, 0.25) is 0 Å². The highest BCUT2D eigenvalue weighted by molar-refractivity contribution is 5.77. The van der Waals surface area contributed by atoms with E-state index in [1.165, 1.54) is 0 Å². The molecule has 1 aromatic rings. The average molecular weight is 198 g/mol. The molecule has 1 rings (SSSR count). The van der Waals surface area contributed by atoms with Gasteiger partial charge in [-0.25, -0.2) is 0 Å². The minimum atomic E-state index is 0.713. The summed E-state index contributed by atoms with van der Waals surface area (Å²) < 4.78 is 0. The van der Waals surface area contributed by atoms with Gasteiger partial charge in [-0.2, -0.15) is 0 Å². The lowest BCUT2D eigenvalue weighted by atomic mass is 10.0. The standard InChI is InChI=1S/C14H14O/c1-3-7-12(4-2)10-13-8-5-6-9-14(13)11-15/h3-9,11H,1-2,10H2. The molecule has 1 heteroatoms. The Labute approximate surface area is 90.4 Å². The fraction of sp³-hybridized carbons (Fsp3) is 0.0714. The van der Waals surface area contributed by atoms with E-state index in [0.717, 1.165) is 23.0 Å². The van der Waals surface area contributed by atoms with Gasteiger partial charge in [-0.05, 0) is 17.6 Å². The zero-order valence-corrected chi connectivity index (χ0v) is 8.65. The molecular formula is C14H14O. The van der Waals surface area contributed by atoms with E-state index in [-0.39, 0.29) is 0 Å². The number of aldehydes is 1. The lowest BCUT2D eigenvalue weighted by molar-refractivity contribution is 0.112. The van der Waals surface area contributed by atoms with Gasteiger partial charge in [-0.1, -0.05) is 55.7 Å². The first-order valence-electron chi connectivity index (χ1n) is 4.79. The third kappa shape index (κ3) is 3.06. The second-order valence-corrected chi connectivity index (χ2v) is 3.17. The Kier molecular flexibility index (Phi) is 4.30. The molecule has 0 radical (unpaired) electrons. The Morgan fingerprint density at radius 1 is 1.27 bits per heavy atom. The summed E-state index contributed by atoms with van der Waals surface area (Å²) in [6.45, 7) is 7.37. The maximum Gasteiger partial charge on any atom is 0.150 e. The van der Waals surface area contributed by atoms with Crippen molar-refractivity contribution in [2.24, 2.45) is 0 Å². The van der Waals surface area contributed by atoms with Crippen LogP contribution in [0.1, 0.15) is 15.9 Å². The van der Waals surface area contributed by atoms with Gasteiger partial charge in [0, 0.05) is 5.56 Å². The highest BCUT2D eigenvalue weighted by atomic mass is 16.1. The third-order valence-electron chi connectivity index (χ3n) is 2.17. The normalized spacial score (nSPS) is 10.8. The molecule has 0 aliphatic carbocycles. The van der Waals surface area contributed by atoms with Crippen LogP contribution in [0.5, 0.6) is 0 Å². The summed E-state index contributed by atoms with van der Waals surface area (Å²) in [7, 11) is 0. The van der Waals surface area contributed by atoms with Gasteiger partial charge < -0.3 is 0 Å². The van der Waals surface area contributed by atoms with Gasteiger partial charge in [0.1, 0.15) is 6.29 Å². The summed E-state index contributed by atoms with van der Waals surface area (Å²) in [4.78, 5) is 10.8. The molecule has 0 saturated carbocycles. The highest BCUT2D eigenvalue weighted by Crippen LogP contribution is 2.12. The van der Waals surface area contributed by atoms with E-state index < -0.39 is 0 Å². The molecule has 0 amide bonds. The van der Waals surface area contributed by atoms with E-state index in [4.69, 9.17) is 0 Å². The smallest absolute Gasteiger partial charge is 0.150 e. The Morgan fingerprint density at radius 2 is 2.00 bits per heavy atom. The van der Waals surface area contributed by atoms with Gasteiger partial charge in [-0.3, -0.25) is 4.79 Å². The van der Waals surface area contributed by atoms with E-state index >= 15 is 0 Å². The number of hydrogen-bond acceptors (Lipinski definition) is 1. The van der Waals surface area contributed by atoms with Gasteiger partial charge in [-0.15, -0.1) is 0 Å². The molecule has 0 aromatic heterocycles. The lowest BCUT2D eigenvalue weighted by Gasteiger charge is -2.04. The van der Waals surface area contributed by atoms with Crippen LogP contribution in [0, 0.1) is 0 Å². The Hall–Kier alpha value is -1.89. The molecule has 1 aromatic carbocycles. The summed E-state index contributed by atoms with van der Waals surface area (Å²) in [6, 6.07) is 7.55. The molecule has 1 nitrogen and oxygen atoms in total. The quantitative estimate of drug-likeness (QED) is 0.524. The Morgan fingerprint density at radius 3 is 2.60 bits per heavy atom. The molecule has 0 saturated heterocycles. The predicted octanol–water partition coefficient (Wildman–Crippen LogP) is 3.34. The van der Waals surface area contributed by atoms with Crippen LogP contribution in [0.25, 0.3) is 0 Å². The Bertz CT molecular complexity index is 400. The van der Waals surface area contributed by atoms with Crippen molar-refractivity contribution >= 4 is 6.29 Å². The Balaban J connectivity index is 2.97.